The van der Waals surface area contributed by atoms with Gasteiger partial charge in [-0.3, -0.25) is 0 Å². The Bertz CT molecular complexity index is 1160. The van der Waals surface area contributed by atoms with Gasteiger partial charge >= 0.3 is 0 Å². The molecular formula is C24H24N6O. The zero-order valence-corrected chi connectivity index (χ0v) is 17.5. The Labute approximate surface area is 181 Å². The fourth-order valence-electron chi connectivity index (χ4n) is 3.95. The van der Waals surface area contributed by atoms with Gasteiger partial charge in [-0.1, -0.05) is 30.3 Å². The molecule has 0 aliphatic carbocycles. The van der Waals surface area contributed by atoms with Crippen molar-refractivity contribution in [3.05, 3.63) is 78.4 Å². The normalized spacial score (nSPS) is 14.1. The minimum atomic E-state index is 0.783. The second-order valence-corrected chi connectivity index (χ2v) is 7.61. The molecule has 0 amide bonds. The van der Waals surface area contributed by atoms with E-state index in [0.29, 0.717) is 0 Å². The smallest absolute Gasteiger partial charge is 0.225 e. The summed E-state index contributed by atoms with van der Waals surface area (Å²) in [5.74, 6) is 2.54. The summed E-state index contributed by atoms with van der Waals surface area (Å²) in [6, 6.07) is 16.3. The van der Waals surface area contributed by atoms with Crippen LogP contribution in [-0.4, -0.2) is 53.2 Å². The van der Waals surface area contributed by atoms with Crippen LogP contribution in [0.25, 0.3) is 10.9 Å². The number of aromatic nitrogens is 4. The van der Waals surface area contributed by atoms with Crippen molar-refractivity contribution in [1.29, 1.82) is 0 Å². The Morgan fingerprint density at radius 1 is 0.806 bits per heavy atom. The minimum Gasteiger partial charge on any atom is -0.497 e. The summed E-state index contributed by atoms with van der Waals surface area (Å²) in [5.41, 5.74) is 3.31. The third kappa shape index (κ3) is 4.12. The molecule has 3 heterocycles. The molecule has 0 spiro atoms. The van der Waals surface area contributed by atoms with Crippen LogP contribution < -0.4 is 14.5 Å². The maximum Gasteiger partial charge on any atom is 0.225 e. The van der Waals surface area contributed by atoms with Crippen molar-refractivity contribution in [3.63, 3.8) is 0 Å². The van der Waals surface area contributed by atoms with E-state index < -0.39 is 0 Å². The number of ether oxygens (including phenoxy) is 1. The number of rotatable bonds is 5. The highest BCUT2D eigenvalue weighted by Gasteiger charge is 2.21. The molecule has 2 aromatic carbocycles. The number of hydrogen-bond donors (Lipinski definition) is 0. The molecule has 31 heavy (non-hydrogen) atoms. The van der Waals surface area contributed by atoms with Gasteiger partial charge < -0.3 is 14.5 Å². The number of piperazine rings is 1. The second-order valence-electron chi connectivity index (χ2n) is 7.61. The van der Waals surface area contributed by atoms with Crippen LogP contribution in [0.2, 0.25) is 0 Å². The average molecular weight is 412 g/mol. The van der Waals surface area contributed by atoms with E-state index in [0.717, 1.165) is 66.6 Å². The summed E-state index contributed by atoms with van der Waals surface area (Å²) < 4.78 is 5.39. The van der Waals surface area contributed by atoms with Crippen molar-refractivity contribution >= 4 is 22.7 Å². The first-order valence-corrected chi connectivity index (χ1v) is 10.4. The van der Waals surface area contributed by atoms with E-state index in [4.69, 9.17) is 4.74 Å². The van der Waals surface area contributed by atoms with Gasteiger partial charge in [0, 0.05) is 50.4 Å². The van der Waals surface area contributed by atoms with Crippen molar-refractivity contribution in [3.8, 4) is 5.75 Å². The highest BCUT2D eigenvalue weighted by molar-refractivity contribution is 5.90. The highest BCUT2D eigenvalue weighted by atomic mass is 16.5. The lowest BCUT2D eigenvalue weighted by Crippen LogP contribution is -2.47. The number of methoxy groups -OCH3 is 1. The van der Waals surface area contributed by atoms with Gasteiger partial charge in [-0.25, -0.2) is 19.9 Å². The molecule has 4 aromatic rings. The molecule has 0 N–H and O–H groups in total. The first kappa shape index (κ1) is 19.2. The van der Waals surface area contributed by atoms with Crippen LogP contribution in [0.1, 0.15) is 11.1 Å². The van der Waals surface area contributed by atoms with Crippen LogP contribution in [0.5, 0.6) is 5.75 Å². The van der Waals surface area contributed by atoms with Crippen molar-refractivity contribution in [1.82, 2.24) is 19.9 Å². The molecule has 5 rings (SSSR count). The predicted octanol–water partition coefficient (Wildman–Crippen LogP) is 3.35. The Kier molecular flexibility index (Phi) is 5.31. The molecule has 1 aliphatic rings. The lowest BCUT2D eigenvalue weighted by atomic mass is 10.1. The third-order valence-corrected chi connectivity index (χ3v) is 5.63. The summed E-state index contributed by atoms with van der Waals surface area (Å²) in [4.78, 5) is 22.7. The Balaban J connectivity index is 1.27. The van der Waals surface area contributed by atoms with Crippen LogP contribution in [0, 0.1) is 0 Å². The molecule has 0 radical (unpaired) electrons. The van der Waals surface area contributed by atoms with Crippen LogP contribution in [0.15, 0.2) is 67.3 Å². The molecular weight excluding hydrogens is 388 g/mol. The van der Waals surface area contributed by atoms with Crippen molar-refractivity contribution in [2.75, 3.05) is 43.1 Å². The Hall–Kier alpha value is -3.74. The van der Waals surface area contributed by atoms with Gasteiger partial charge in [0.1, 0.15) is 17.9 Å². The molecule has 0 unspecified atom stereocenters. The SMILES string of the molecule is COc1ccc2ncnc(N3CCN(c4ncc(Cc5ccccc5)cn4)CC3)c2c1. The zero-order valence-electron chi connectivity index (χ0n) is 17.5. The highest BCUT2D eigenvalue weighted by Crippen LogP contribution is 2.28. The number of nitrogens with zero attached hydrogens (tertiary/aromatic N) is 6. The molecule has 2 aromatic heterocycles. The van der Waals surface area contributed by atoms with Crippen molar-refractivity contribution < 1.29 is 4.74 Å². The predicted molar refractivity (Wildman–Crippen MR) is 122 cm³/mol. The number of anilines is 2. The molecule has 0 bridgehead atoms. The van der Waals surface area contributed by atoms with Crippen LogP contribution in [0.4, 0.5) is 11.8 Å². The average Bonchev–Trinajstić information content (AvgIpc) is 2.84. The summed E-state index contributed by atoms with van der Waals surface area (Å²) >= 11 is 0. The van der Waals surface area contributed by atoms with Crippen LogP contribution >= 0.6 is 0 Å². The summed E-state index contributed by atoms with van der Waals surface area (Å²) in [5, 5.41) is 1.01. The molecule has 0 saturated carbocycles. The Morgan fingerprint density at radius 2 is 1.55 bits per heavy atom. The first-order valence-electron chi connectivity index (χ1n) is 10.4. The fourth-order valence-corrected chi connectivity index (χ4v) is 3.95. The van der Waals surface area contributed by atoms with E-state index in [2.05, 4.69) is 54.0 Å². The second kappa shape index (κ2) is 8.55. The van der Waals surface area contributed by atoms with Gasteiger partial charge in [0.2, 0.25) is 5.95 Å². The van der Waals surface area contributed by atoms with Gasteiger partial charge in [-0.2, -0.15) is 0 Å². The van der Waals surface area contributed by atoms with E-state index in [1.807, 2.05) is 36.7 Å². The Morgan fingerprint density at radius 3 is 2.29 bits per heavy atom. The van der Waals surface area contributed by atoms with Gasteiger partial charge in [0.15, 0.2) is 0 Å². The van der Waals surface area contributed by atoms with Crippen LogP contribution in [0.3, 0.4) is 0 Å². The van der Waals surface area contributed by atoms with Gasteiger partial charge in [-0.15, -0.1) is 0 Å². The molecule has 7 heteroatoms. The molecule has 1 fully saturated rings. The lowest BCUT2D eigenvalue weighted by molar-refractivity contribution is 0.415. The maximum absolute atomic E-state index is 5.39. The molecule has 156 valence electrons. The summed E-state index contributed by atoms with van der Waals surface area (Å²) in [6.45, 7) is 3.37. The quantitative estimate of drug-likeness (QED) is 0.498. The van der Waals surface area contributed by atoms with Crippen LogP contribution in [-0.2, 0) is 6.42 Å². The minimum absolute atomic E-state index is 0.783. The maximum atomic E-state index is 5.39. The van der Waals surface area contributed by atoms with E-state index >= 15 is 0 Å². The third-order valence-electron chi connectivity index (χ3n) is 5.63. The summed E-state index contributed by atoms with van der Waals surface area (Å²) in [6.07, 6.45) is 6.35. The van der Waals surface area contributed by atoms with Gasteiger partial charge in [-0.05, 0) is 29.3 Å². The largest absolute Gasteiger partial charge is 0.497 e. The molecule has 0 atom stereocenters. The van der Waals surface area contributed by atoms with Crippen molar-refractivity contribution in [2.24, 2.45) is 0 Å². The van der Waals surface area contributed by atoms with Crippen molar-refractivity contribution in [2.45, 2.75) is 6.42 Å². The van der Waals surface area contributed by atoms with Gasteiger partial charge in [0.05, 0.1) is 12.6 Å². The van der Waals surface area contributed by atoms with E-state index in [9.17, 15) is 0 Å². The van der Waals surface area contributed by atoms with E-state index in [1.165, 1.54) is 5.56 Å². The zero-order chi connectivity index (χ0) is 21.0. The topological polar surface area (TPSA) is 67.3 Å². The standard InChI is InChI=1S/C24H24N6O/c1-31-20-7-8-22-21(14-20)23(28-17-27-22)29-9-11-30(12-10-29)24-25-15-19(16-26-24)13-18-5-3-2-4-6-18/h2-8,14-17H,9-13H2,1H3. The fraction of sp³-hybridized carbons (Fsp3) is 0.250. The number of fused-ring (bicyclic) bond motifs is 1. The molecule has 7 nitrogen and oxygen atoms in total. The van der Waals surface area contributed by atoms with Gasteiger partial charge in [0.25, 0.3) is 0 Å². The molecule has 1 aliphatic heterocycles. The monoisotopic (exact) mass is 412 g/mol. The number of hydrogen-bond acceptors (Lipinski definition) is 7. The number of benzene rings is 2. The lowest BCUT2D eigenvalue weighted by Gasteiger charge is -2.35. The molecule has 1 saturated heterocycles. The first-order chi connectivity index (χ1) is 15.3. The summed E-state index contributed by atoms with van der Waals surface area (Å²) in [7, 11) is 1.68. The van der Waals surface area contributed by atoms with E-state index in [-0.39, 0.29) is 0 Å². The van der Waals surface area contributed by atoms with E-state index in [1.54, 1.807) is 13.4 Å².